The van der Waals surface area contributed by atoms with Crippen LogP contribution in [0.25, 0.3) is 0 Å². The topological polar surface area (TPSA) is 0 Å². The fourth-order valence-electron chi connectivity index (χ4n) is 2.74. The van der Waals surface area contributed by atoms with Crippen LogP contribution in [0, 0.1) is 11.3 Å². The third kappa shape index (κ3) is 2.73. The highest BCUT2D eigenvalue weighted by Crippen LogP contribution is 2.51. The third-order valence-corrected chi connectivity index (χ3v) is 6.95. The molecule has 1 aromatic rings. The zero-order valence-corrected chi connectivity index (χ0v) is 13.8. The molecule has 0 saturated heterocycles. The maximum atomic E-state index is 3.93. The van der Waals surface area contributed by atoms with Crippen molar-refractivity contribution in [2.24, 2.45) is 11.3 Å². The van der Waals surface area contributed by atoms with Crippen LogP contribution in [0.3, 0.4) is 0 Å². The molecule has 1 fully saturated rings. The monoisotopic (exact) mass is 364 g/mol. The molecule has 2 unspecified atom stereocenters. The van der Waals surface area contributed by atoms with E-state index in [1.165, 1.54) is 34.3 Å². The molecule has 0 bridgehead atoms. The second-order valence-corrected chi connectivity index (χ2v) is 8.87. The third-order valence-electron chi connectivity index (χ3n) is 3.81. The molecule has 90 valence electrons. The highest BCUT2D eigenvalue weighted by atomic mass is 79.9. The first-order valence-electron chi connectivity index (χ1n) is 5.90. The van der Waals surface area contributed by atoms with Gasteiger partial charge in [0.1, 0.15) is 0 Å². The zero-order chi connectivity index (χ0) is 11.8. The van der Waals surface area contributed by atoms with Gasteiger partial charge in [0.2, 0.25) is 0 Å². The summed E-state index contributed by atoms with van der Waals surface area (Å²) < 4.78 is 1.24. The molecular formula is C13H18Br2S. The molecule has 1 heterocycles. The van der Waals surface area contributed by atoms with E-state index < -0.39 is 0 Å². The van der Waals surface area contributed by atoms with Gasteiger partial charge in [-0.05, 0) is 52.2 Å². The van der Waals surface area contributed by atoms with Crippen LogP contribution in [0.4, 0.5) is 0 Å². The van der Waals surface area contributed by atoms with Gasteiger partial charge in [-0.1, -0.05) is 42.6 Å². The Kier molecular flexibility index (Phi) is 4.19. The van der Waals surface area contributed by atoms with Crippen molar-refractivity contribution in [1.29, 1.82) is 0 Å². The number of hydrogen-bond donors (Lipinski definition) is 0. The van der Waals surface area contributed by atoms with Gasteiger partial charge in [0.25, 0.3) is 0 Å². The van der Waals surface area contributed by atoms with E-state index in [2.05, 4.69) is 57.8 Å². The average molecular weight is 366 g/mol. The van der Waals surface area contributed by atoms with Crippen molar-refractivity contribution in [3.63, 3.8) is 0 Å². The molecule has 2 atom stereocenters. The number of thiophene rings is 1. The SMILES string of the molecule is CC1(C)CCCCC1C(Br)c1ccc(Br)s1. The summed E-state index contributed by atoms with van der Waals surface area (Å²) in [5, 5.41) is 0. The minimum absolute atomic E-state index is 0.475. The van der Waals surface area contributed by atoms with E-state index in [9.17, 15) is 0 Å². The van der Waals surface area contributed by atoms with Gasteiger partial charge in [-0.25, -0.2) is 0 Å². The van der Waals surface area contributed by atoms with Gasteiger partial charge < -0.3 is 0 Å². The van der Waals surface area contributed by atoms with Gasteiger partial charge in [-0.15, -0.1) is 11.3 Å². The Labute approximate surface area is 119 Å². The predicted octanol–water partition coefficient (Wildman–Crippen LogP) is 6.16. The standard InChI is InChI=1S/C13H18Br2S/c1-13(2)8-4-3-5-9(13)12(15)10-6-7-11(14)16-10/h6-7,9,12H,3-5,8H2,1-2H3. The van der Waals surface area contributed by atoms with Crippen molar-refractivity contribution < 1.29 is 0 Å². The second-order valence-electron chi connectivity index (χ2n) is 5.38. The van der Waals surface area contributed by atoms with Crippen LogP contribution in [0.1, 0.15) is 49.2 Å². The molecule has 0 radical (unpaired) electrons. The quantitative estimate of drug-likeness (QED) is 0.550. The Morgan fingerprint density at radius 3 is 2.69 bits per heavy atom. The lowest BCUT2D eigenvalue weighted by atomic mass is 9.67. The van der Waals surface area contributed by atoms with E-state index in [0.29, 0.717) is 10.2 Å². The molecule has 0 nitrogen and oxygen atoms in total. The second kappa shape index (κ2) is 5.11. The highest BCUT2D eigenvalue weighted by molar-refractivity contribution is 9.11. The van der Waals surface area contributed by atoms with Gasteiger partial charge in [0.15, 0.2) is 0 Å². The molecule has 1 aromatic heterocycles. The number of alkyl halides is 1. The molecule has 0 spiro atoms. The normalized spacial score (nSPS) is 26.6. The molecule has 0 aromatic carbocycles. The largest absolute Gasteiger partial charge is 0.132 e. The molecule has 0 N–H and O–H groups in total. The first-order chi connectivity index (χ1) is 7.50. The number of rotatable bonds is 2. The number of hydrogen-bond acceptors (Lipinski definition) is 1. The molecule has 16 heavy (non-hydrogen) atoms. The van der Waals surface area contributed by atoms with E-state index in [0.717, 1.165) is 5.92 Å². The molecule has 1 saturated carbocycles. The maximum Gasteiger partial charge on any atom is 0.0701 e. The van der Waals surface area contributed by atoms with E-state index in [1.54, 1.807) is 0 Å². The van der Waals surface area contributed by atoms with Crippen molar-refractivity contribution in [2.75, 3.05) is 0 Å². The van der Waals surface area contributed by atoms with Crippen LogP contribution in [0.15, 0.2) is 15.9 Å². The van der Waals surface area contributed by atoms with E-state index in [-0.39, 0.29) is 0 Å². The van der Waals surface area contributed by atoms with Crippen LogP contribution in [0.5, 0.6) is 0 Å². The summed E-state index contributed by atoms with van der Waals surface area (Å²) in [5.74, 6) is 0.770. The zero-order valence-electron chi connectivity index (χ0n) is 9.80. The highest BCUT2D eigenvalue weighted by Gasteiger charge is 2.37. The lowest BCUT2D eigenvalue weighted by molar-refractivity contribution is 0.137. The van der Waals surface area contributed by atoms with Crippen molar-refractivity contribution >= 4 is 43.2 Å². The van der Waals surface area contributed by atoms with Crippen LogP contribution >= 0.6 is 43.2 Å². The summed E-state index contributed by atoms with van der Waals surface area (Å²) in [4.78, 5) is 1.99. The molecule has 0 aliphatic heterocycles. The summed E-state index contributed by atoms with van der Waals surface area (Å²) in [6.45, 7) is 4.85. The summed E-state index contributed by atoms with van der Waals surface area (Å²) in [6, 6.07) is 4.41. The van der Waals surface area contributed by atoms with Gasteiger partial charge in [0, 0.05) is 4.88 Å². The Bertz CT molecular complexity index is 357. The Morgan fingerprint density at radius 1 is 1.38 bits per heavy atom. The van der Waals surface area contributed by atoms with Crippen LogP contribution in [-0.4, -0.2) is 0 Å². The fraction of sp³-hybridized carbons (Fsp3) is 0.692. The van der Waals surface area contributed by atoms with E-state index in [4.69, 9.17) is 0 Å². The van der Waals surface area contributed by atoms with Gasteiger partial charge >= 0.3 is 0 Å². The predicted molar refractivity (Wildman–Crippen MR) is 79.4 cm³/mol. The van der Waals surface area contributed by atoms with Crippen molar-refractivity contribution in [3.8, 4) is 0 Å². The summed E-state index contributed by atoms with van der Waals surface area (Å²) in [6.07, 6.45) is 5.52. The molecule has 3 heteroatoms. The Morgan fingerprint density at radius 2 is 2.12 bits per heavy atom. The van der Waals surface area contributed by atoms with Gasteiger partial charge in [-0.2, -0.15) is 0 Å². The summed E-state index contributed by atoms with van der Waals surface area (Å²) in [7, 11) is 0. The van der Waals surface area contributed by atoms with E-state index >= 15 is 0 Å². The number of halogens is 2. The summed E-state index contributed by atoms with van der Waals surface area (Å²) in [5.41, 5.74) is 0.475. The average Bonchev–Trinajstić information content (AvgIpc) is 2.63. The first kappa shape index (κ1) is 13.1. The van der Waals surface area contributed by atoms with Crippen LogP contribution in [-0.2, 0) is 0 Å². The minimum Gasteiger partial charge on any atom is -0.132 e. The van der Waals surface area contributed by atoms with Crippen LogP contribution in [0.2, 0.25) is 0 Å². The van der Waals surface area contributed by atoms with Crippen molar-refractivity contribution in [3.05, 3.63) is 20.8 Å². The van der Waals surface area contributed by atoms with Gasteiger partial charge in [0.05, 0.1) is 8.61 Å². The Balaban J connectivity index is 2.17. The van der Waals surface area contributed by atoms with E-state index in [1.807, 2.05) is 11.3 Å². The molecule has 1 aliphatic rings. The Hall–Kier alpha value is 0.660. The molecule has 0 amide bonds. The first-order valence-corrected chi connectivity index (χ1v) is 8.42. The molecule has 2 rings (SSSR count). The van der Waals surface area contributed by atoms with Gasteiger partial charge in [-0.3, -0.25) is 0 Å². The van der Waals surface area contributed by atoms with Crippen molar-refractivity contribution in [2.45, 2.75) is 44.4 Å². The lowest BCUT2D eigenvalue weighted by Crippen LogP contribution is -2.30. The summed E-state index contributed by atoms with van der Waals surface area (Å²) >= 11 is 9.34. The van der Waals surface area contributed by atoms with Crippen molar-refractivity contribution in [1.82, 2.24) is 0 Å². The lowest BCUT2D eigenvalue weighted by Gasteiger charge is -2.41. The smallest absolute Gasteiger partial charge is 0.0701 e. The van der Waals surface area contributed by atoms with Crippen LogP contribution < -0.4 is 0 Å². The maximum absolute atomic E-state index is 3.93. The minimum atomic E-state index is 0.475. The molecule has 1 aliphatic carbocycles. The molecular weight excluding hydrogens is 348 g/mol. The fourth-order valence-corrected chi connectivity index (χ4v) is 5.62.